The molecule has 0 atom stereocenters. The largest absolute Gasteiger partial charge is 0.494 e. The third-order valence-corrected chi connectivity index (χ3v) is 5.02. The van der Waals surface area contributed by atoms with Crippen molar-refractivity contribution in [3.05, 3.63) is 58.6 Å². The van der Waals surface area contributed by atoms with Gasteiger partial charge in [0.2, 0.25) is 0 Å². The fourth-order valence-electron chi connectivity index (χ4n) is 3.44. The first kappa shape index (κ1) is 19.9. The minimum Gasteiger partial charge on any atom is -0.494 e. The molecule has 0 aliphatic heterocycles. The van der Waals surface area contributed by atoms with Crippen LogP contribution in [0.25, 0.3) is 22.2 Å². The molecule has 1 aromatic heterocycles. The average molecular weight is 380 g/mol. The lowest BCUT2D eigenvalue weighted by molar-refractivity contribution is -0.384. The van der Waals surface area contributed by atoms with Crippen molar-refractivity contribution < 1.29 is 9.66 Å². The van der Waals surface area contributed by atoms with Gasteiger partial charge in [-0.15, -0.1) is 0 Å². The monoisotopic (exact) mass is 380 g/mol. The Morgan fingerprint density at radius 3 is 2.43 bits per heavy atom. The molecule has 0 amide bonds. The fraction of sp³-hybridized carbons (Fsp3) is 0.391. The van der Waals surface area contributed by atoms with Crippen LogP contribution in [0.15, 0.2) is 48.5 Å². The highest BCUT2D eigenvalue weighted by molar-refractivity contribution is 5.88. The highest BCUT2D eigenvalue weighted by Gasteiger charge is 2.22. The predicted molar refractivity (Wildman–Crippen MR) is 114 cm³/mol. The Kier molecular flexibility index (Phi) is 6.34. The fourth-order valence-corrected chi connectivity index (χ4v) is 3.44. The third kappa shape index (κ3) is 4.35. The van der Waals surface area contributed by atoms with Crippen molar-refractivity contribution in [3.63, 3.8) is 0 Å². The van der Waals surface area contributed by atoms with Crippen molar-refractivity contribution in [3.8, 4) is 17.0 Å². The molecule has 0 unspecified atom stereocenters. The van der Waals surface area contributed by atoms with Crippen molar-refractivity contribution in [1.82, 2.24) is 4.57 Å². The molecule has 1 aliphatic carbocycles. The summed E-state index contributed by atoms with van der Waals surface area (Å²) in [6.07, 6.45) is 3.83. The molecule has 4 rings (SSSR count). The summed E-state index contributed by atoms with van der Waals surface area (Å²) < 4.78 is 8.01. The van der Waals surface area contributed by atoms with Crippen molar-refractivity contribution in [2.24, 2.45) is 5.92 Å². The molecule has 1 aliphatic rings. The van der Waals surface area contributed by atoms with Crippen LogP contribution in [0.3, 0.4) is 0 Å². The lowest BCUT2D eigenvalue weighted by atomic mass is 10.1. The van der Waals surface area contributed by atoms with Gasteiger partial charge in [0.15, 0.2) is 0 Å². The van der Waals surface area contributed by atoms with Crippen molar-refractivity contribution in [1.29, 1.82) is 0 Å². The second-order valence-corrected chi connectivity index (χ2v) is 6.87. The number of hydrogen-bond donors (Lipinski definition) is 0. The van der Waals surface area contributed by atoms with Gasteiger partial charge in [0.1, 0.15) is 5.75 Å². The Balaban J connectivity index is 0.00000109. The molecule has 1 heterocycles. The normalized spacial score (nSPS) is 13.1. The van der Waals surface area contributed by atoms with E-state index in [2.05, 4.69) is 22.8 Å². The predicted octanol–water partition coefficient (Wildman–Crippen LogP) is 6.44. The third-order valence-electron chi connectivity index (χ3n) is 5.02. The summed E-state index contributed by atoms with van der Waals surface area (Å²) in [5.41, 5.74) is 3.38. The zero-order chi connectivity index (χ0) is 20.1. The maximum absolute atomic E-state index is 10.9. The number of ether oxygens (including phenoxy) is 1. The lowest BCUT2D eigenvalue weighted by Crippen LogP contribution is -2.01. The van der Waals surface area contributed by atoms with Crippen LogP contribution in [0.5, 0.6) is 5.75 Å². The SMILES string of the molecule is CC.CCOc1ccc2cc(-c3ccc([N+](=O)[O-])cc3)n(CCC3CC3)c2c1. The zero-order valence-corrected chi connectivity index (χ0v) is 16.9. The molecule has 1 fully saturated rings. The van der Waals surface area contributed by atoms with E-state index in [0.717, 1.165) is 40.4 Å². The molecular formula is C23H28N2O3. The van der Waals surface area contributed by atoms with Gasteiger partial charge in [0, 0.05) is 35.8 Å². The van der Waals surface area contributed by atoms with Gasteiger partial charge in [-0.3, -0.25) is 10.1 Å². The molecule has 0 bridgehead atoms. The number of fused-ring (bicyclic) bond motifs is 1. The first-order valence-corrected chi connectivity index (χ1v) is 10.2. The van der Waals surface area contributed by atoms with E-state index in [1.54, 1.807) is 12.1 Å². The summed E-state index contributed by atoms with van der Waals surface area (Å²) in [5.74, 6) is 1.72. The van der Waals surface area contributed by atoms with Crippen LogP contribution in [-0.2, 0) is 6.54 Å². The van der Waals surface area contributed by atoms with Crippen LogP contribution in [0.2, 0.25) is 0 Å². The molecule has 0 N–H and O–H groups in total. The van der Waals surface area contributed by atoms with Crippen LogP contribution in [-0.4, -0.2) is 16.1 Å². The number of hydrogen-bond acceptors (Lipinski definition) is 3. The number of benzene rings is 2. The van der Waals surface area contributed by atoms with Gasteiger partial charge in [0.25, 0.3) is 5.69 Å². The van der Waals surface area contributed by atoms with Crippen molar-refractivity contribution >= 4 is 16.6 Å². The Morgan fingerprint density at radius 1 is 1.11 bits per heavy atom. The van der Waals surface area contributed by atoms with E-state index < -0.39 is 0 Å². The van der Waals surface area contributed by atoms with Crippen LogP contribution < -0.4 is 4.74 Å². The van der Waals surface area contributed by atoms with E-state index >= 15 is 0 Å². The van der Waals surface area contributed by atoms with Gasteiger partial charge in [-0.25, -0.2) is 0 Å². The van der Waals surface area contributed by atoms with E-state index in [9.17, 15) is 10.1 Å². The summed E-state index contributed by atoms with van der Waals surface area (Å²) in [6, 6.07) is 15.2. The lowest BCUT2D eigenvalue weighted by Gasteiger charge is -2.12. The summed E-state index contributed by atoms with van der Waals surface area (Å²) >= 11 is 0. The molecule has 1 saturated carbocycles. The first-order valence-electron chi connectivity index (χ1n) is 10.2. The van der Waals surface area contributed by atoms with Gasteiger partial charge < -0.3 is 9.30 Å². The number of non-ortho nitro benzene ring substituents is 1. The highest BCUT2D eigenvalue weighted by atomic mass is 16.6. The van der Waals surface area contributed by atoms with Crippen molar-refractivity contribution in [2.75, 3.05) is 6.61 Å². The van der Waals surface area contributed by atoms with Gasteiger partial charge in [-0.05, 0) is 55.2 Å². The zero-order valence-electron chi connectivity index (χ0n) is 16.9. The molecule has 0 radical (unpaired) electrons. The highest BCUT2D eigenvalue weighted by Crippen LogP contribution is 2.36. The van der Waals surface area contributed by atoms with Crippen LogP contribution in [0.4, 0.5) is 5.69 Å². The van der Waals surface area contributed by atoms with Gasteiger partial charge in [0.05, 0.1) is 17.0 Å². The summed E-state index contributed by atoms with van der Waals surface area (Å²) in [7, 11) is 0. The minimum atomic E-state index is -0.360. The number of nitro benzene ring substituents is 1. The molecule has 148 valence electrons. The maximum atomic E-state index is 10.9. The van der Waals surface area contributed by atoms with Crippen LogP contribution >= 0.6 is 0 Å². The number of nitro groups is 1. The summed E-state index contributed by atoms with van der Waals surface area (Å²) in [6.45, 7) is 7.58. The van der Waals surface area contributed by atoms with Gasteiger partial charge >= 0.3 is 0 Å². The van der Waals surface area contributed by atoms with Crippen molar-refractivity contribution in [2.45, 2.75) is 46.6 Å². The number of nitrogens with zero attached hydrogens (tertiary/aromatic N) is 2. The second-order valence-electron chi connectivity index (χ2n) is 6.87. The van der Waals surface area contributed by atoms with E-state index in [1.165, 1.54) is 19.3 Å². The number of rotatable bonds is 7. The van der Waals surface area contributed by atoms with E-state index in [-0.39, 0.29) is 10.6 Å². The standard InChI is InChI=1S/C21H22N2O3.C2H6/c1-2-26-19-10-7-17-13-20(16-5-8-18(9-6-16)23(24)25)22(21(17)14-19)12-11-15-3-4-15;1-2/h5-10,13-15H,2-4,11-12H2,1H3;1-2H3. The minimum absolute atomic E-state index is 0.119. The second kappa shape index (κ2) is 8.91. The number of aryl methyl sites for hydroxylation is 1. The van der Waals surface area contributed by atoms with E-state index in [4.69, 9.17) is 4.74 Å². The molecular weight excluding hydrogens is 352 g/mol. The maximum Gasteiger partial charge on any atom is 0.269 e. The molecule has 0 spiro atoms. The quantitative estimate of drug-likeness (QED) is 0.350. The molecule has 2 aromatic carbocycles. The Morgan fingerprint density at radius 2 is 1.82 bits per heavy atom. The van der Waals surface area contributed by atoms with E-state index in [0.29, 0.717) is 6.61 Å². The van der Waals surface area contributed by atoms with E-state index in [1.807, 2.05) is 39.0 Å². The van der Waals surface area contributed by atoms with Gasteiger partial charge in [-0.2, -0.15) is 0 Å². The topological polar surface area (TPSA) is 57.3 Å². The average Bonchev–Trinajstić information content (AvgIpc) is 3.48. The smallest absolute Gasteiger partial charge is 0.269 e. The molecule has 3 aromatic rings. The Hall–Kier alpha value is -2.82. The molecule has 0 saturated heterocycles. The van der Waals surface area contributed by atoms with Crippen LogP contribution in [0.1, 0.15) is 40.0 Å². The Bertz CT molecular complexity index is 940. The summed E-state index contributed by atoms with van der Waals surface area (Å²) in [4.78, 5) is 10.6. The Labute approximate surface area is 166 Å². The number of aromatic nitrogens is 1. The first-order chi connectivity index (χ1) is 13.7. The molecule has 28 heavy (non-hydrogen) atoms. The van der Waals surface area contributed by atoms with Gasteiger partial charge in [-0.1, -0.05) is 26.7 Å². The molecule has 5 nitrogen and oxygen atoms in total. The molecule has 5 heteroatoms. The summed E-state index contributed by atoms with van der Waals surface area (Å²) in [5, 5.41) is 12.1. The van der Waals surface area contributed by atoms with Crippen LogP contribution in [0, 0.1) is 16.0 Å².